The van der Waals surface area contributed by atoms with Crippen molar-refractivity contribution in [3.63, 3.8) is 0 Å². The highest BCUT2D eigenvalue weighted by atomic mass is 19.4. The number of nitrogens with one attached hydrogen (secondary N) is 2. The Morgan fingerprint density at radius 2 is 1.74 bits per heavy atom. The van der Waals surface area contributed by atoms with Crippen LogP contribution in [0.5, 0.6) is 0 Å². The number of likely N-dealkylation sites (tertiary alicyclic amines) is 1. The van der Waals surface area contributed by atoms with E-state index in [1.165, 1.54) is 35.2 Å². The van der Waals surface area contributed by atoms with Crippen molar-refractivity contribution in [3.05, 3.63) is 70.5 Å². The summed E-state index contributed by atoms with van der Waals surface area (Å²) in [5.41, 5.74) is 4.11. The molecule has 164 valence electrons. The van der Waals surface area contributed by atoms with Crippen LogP contribution in [-0.2, 0) is 6.18 Å². The highest BCUT2D eigenvalue weighted by molar-refractivity contribution is 6.04. The summed E-state index contributed by atoms with van der Waals surface area (Å²) in [5, 5.41) is 9.01. The van der Waals surface area contributed by atoms with Gasteiger partial charge in [0.2, 0.25) is 0 Å². The third-order valence-electron chi connectivity index (χ3n) is 5.16. The molecule has 6 nitrogen and oxygen atoms in total. The Balaban J connectivity index is 1.78. The number of guanidine groups is 1. The van der Waals surface area contributed by atoms with Crippen molar-refractivity contribution in [2.45, 2.75) is 24.9 Å². The lowest BCUT2D eigenvalue weighted by Gasteiger charge is -2.33. The number of nitrogens with two attached hydrogens (primary N) is 1. The minimum atomic E-state index is -4.68. The Hall–Kier alpha value is -3.43. The van der Waals surface area contributed by atoms with Crippen LogP contribution in [0.25, 0.3) is 0 Å². The van der Waals surface area contributed by atoms with Crippen LogP contribution in [0.3, 0.4) is 0 Å². The molecule has 1 aliphatic rings. The van der Waals surface area contributed by atoms with E-state index in [4.69, 9.17) is 11.1 Å². The quantitative estimate of drug-likeness (QED) is 0.390. The molecular weight excluding hydrogens is 416 g/mol. The second kappa shape index (κ2) is 8.75. The maximum absolute atomic E-state index is 13.7. The first-order valence-corrected chi connectivity index (χ1v) is 9.47. The minimum Gasteiger partial charge on any atom is -0.370 e. The summed E-state index contributed by atoms with van der Waals surface area (Å²) in [4.78, 5) is 26.0. The van der Waals surface area contributed by atoms with E-state index in [1.54, 1.807) is 0 Å². The number of nitrogens with zero attached hydrogens (tertiary/aromatic N) is 1. The topological polar surface area (TPSA) is 99.3 Å². The molecule has 31 heavy (non-hydrogen) atoms. The normalized spacial score (nSPS) is 14.9. The summed E-state index contributed by atoms with van der Waals surface area (Å²) in [5.74, 6) is -2.94. The fourth-order valence-corrected chi connectivity index (χ4v) is 3.69. The van der Waals surface area contributed by atoms with Gasteiger partial charge in [0.25, 0.3) is 11.8 Å². The molecule has 1 heterocycles. The molecule has 2 amide bonds. The summed E-state index contributed by atoms with van der Waals surface area (Å²) >= 11 is 0. The van der Waals surface area contributed by atoms with Crippen LogP contribution in [0.15, 0.2) is 42.5 Å². The van der Waals surface area contributed by atoms with E-state index in [1.807, 2.05) is 5.32 Å². The van der Waals surface area contributed by atoms with E-state index >= 15 is 0 Å². The Morgan fingerprint density at radius 1 is 1.06 bits per heavy atom. The van der Waals surface area contributed by atoms with E-state index in [9.17, 15) is 27.2 Å². The maximum Gasteiger partial charge on any atom is 0.416 e. The fourth-order valence-electron chi connectivity index (χ4n) is 3.69. The van der Waals surface area contributed by atoms with Gasteiger partial charge in [-0.1, -0.05) is 12.1 Å². The standard InChI is InChI=1S/C21H20F4N4O2/c22-15-3-1-2-14(10-15)19(31)29-8-6-12(7-9-29)16-5-4-13(18(30)28-20(26)27)11-17(16)21(23,24)25/h1-5,10-12H,6-9H2,(H4,26,27,28,30). The zero-order valence-corrected chi connectivity index (χ0v) is 16.3. The van der Waals surface area contributed by atoms with Crippen molar-refractivity contribution in [1.82, 2.24) is 10.2 Å². The summed E-state index contributed by atoms with van der Waals surface area (Å²) < 4.78 is 54.4. The number of hydrogen-bond acceptors (Lipinski definition) is 3. The van der Waals surface area contributed by atoms with E-state index in [0.717, 1.165) is 12.1 Å². The third kappa shape index (κ3) is 5.19. The van der Waals surface area contributed by atoms with E-state index in [2.05, 4.69) is 0 Å². The van der Waals surface area contributed by atoms with Gasteiger partial charge in [0, 0.05) is 24.2 Å². The van der Waals surface area contributed by atoms with Gasteiger partial charge < -0.3 is 10.6 Å². The molecule has 0 bridgehead atoms. The van der Waals surface area contributed by atoms with Crippen LogP contribution in [-0.4, -0.2) is 35.8 Å². The molecule has 0 aromatic heterocycles. The van der Waals surface area contributed by atoms with Gasteiger partial charge >= 0.3 is 6.18 Å². The number of alkyl halides is 3. The van der Waals surface area contributed by atoms with Crippen molar-refractivity contribution in [2.75, 3.05) is 13.1 Å². The lowest BCUT2D eigenvalue weighted by Crippen LogP contribution is -2.38. The Bertz CT molecular complexity index is 1010. The monoisotopic (exact) mass is 436 g/mol. The molecule has 0 atom stereocenters. The summed E-state index contributed by atoms with van der Waals surface area (Å²) in [7, 11) is 0. The molecule has 0 spiro atoms. The number of hydrogen-bond donors (Lipinski definition) is 3. The van der Waals surface area contributed by atoms with Crippen molar-refractivity contribution in [3.8, 4) is 0 Å². The smallest absolute Gasteiger partial charge is 0.370 e. The van der Waals surface area contributed by atoms with Crippen LogP contribution >= 0.6 is 0 Å². The second-order valence-electron chi connectivity index (χ2n) is 7.24. The van der Waals surface area contributed by atoms with Gasteiger partial charge in [-0.15, -0.1) is 0 Å². The van der Waals surface area contributed by atoms with Gasteiger partial charge in [0.1, 0.15) is 5.82 Å². The Morgan fingerprint density at radius 3 is 2.32 bits per heavy atom. The van der Waals surface area contributed by atoms with Crippen molar-refractivity contribution in [2.24, 2.45) is 5.73 Å². The predicted octanol–water partition coefficient (Wildman–Crippen LogP) is 3.49. The average molecular weight is 436 g/mol. The number of piperidine rings is 1. The molecule has 0 aliphatic carbocycles. The van der Waals surface area contributed by atoms with Crippen LogP contribution in [0.2, 0.25) is 0 Å². The highest BCUT2D eigenvalue weighted by Crippen LogP contribution is 2.39. The number of amides is 2. The first kappa shape index (κ1) is 22.3. The molecule has 1 aliphatic heterocycles. The summed E-state index contributed by atoms with van der Waals surface area (Å²) in [6.45, 7) is 0.452. The number of carbonyl (C=O) groups excluding carboxylic acids is 2. The lowest BCUT2D eigenvalue weighted by molar-refractivity contribution is -0.138. The maximum atomic E-state index is 13.7. The largest absolute Gasteiger partial charge is 0.416 e. The minimum absolute atomic E-state index is 0.0460. The molecule has 0 saturated carbocycles. The predicted molar refractivity (Wildman–Crippen MR) is 105 cm³/mol. The molecule has 0 unspecified atom stereocenters. The Labute approximate surface area is 175 Å². The second-order valence-corrected chi connectivity index (χ2v) is 7.24. The molecule has 10 heteroatoms. The average Bonchev–Trinajstić information content (AvgIpc) is 2.72. The third-order valence-corrected chi connectivity index (χ3v) is 5.16. The Kier molecular flexibility index (Phi) is 6.28. The molecule has 3 rings (SSSR count). The number of rotatable bonds is 3. The highest BCUT2D eigenvalue weighted by Gasteiger charge is 2.37. The summed E-state index contributed by atoms with van der Waals surface area (Å²) in [6, 6.07) is 8.53. The van der Waals surface area contributed by atoms with Gasteiger partial charge in [-0.05, 0) is 54.7 Å². The zero-order valence-electron chi connectivity index (χ0n) is 16.3. The molecule has 4 N–H and O–H groups in total. The van der Waals surface area contributed by atoms with Crippen LogP contribution in [0, 0.1) is 11.2 Å². The molecule has 1 saturated heterocycles. The number of carbonyl (C=O) groups is 2. The fraction of sp³-hybridized carbons (Fsp3) is 0.286. The number of benzene rings is 2. The van der Waals surface area contributed by atoms with E-state index < -0.39 is 35.3 Å². The first-order chi connectivity index (χ1) is 14.6. The molecule has 2 aromatic rings. The van der Waals surface area contributed by atoms with Crippen molar-refractivity contribution < 1.29 is 27.2 Å². The van der Waals surface area contributed by atoms with E-state index in [0.29, 0.717) is 12.8 Å². The lowest BCUT2D eigenvalue weighted by atomic mass is 9.85. The molecule has 0 radical (unpaired) electrons. The first-order valence-electron chi connectivity index (χ1n) is 9.47. The van der Waals surface area contributed by atoms with Crippen molar-refractivity contribution in [1.29, 1.82) is 5.41 Å². The SMILES string of the molecule is N=C(N)NC(=O)c1ccc(C2CCN(C(=O)c3cccc(F)c3)CC2)c(C(F)(F)F)c1. The van der Waals surface area contributed by atoms with Crippen LogP contribution in [0.1, 0.15) is 50.6 Å². The number of halogens is 4. The van der Waals surface area contributed by atoms with Crippen molar-refractivity contribution >= 4 is 17.8 Å². The van der Waals surface area contributed by atoms with E-state index in [-0.39, 0.29) is 35.7 Å². The van der Waals surface area contributed by atoms with Gasteiger partial charge in [-0.3, -0.25) is 20.3 Å². The molecule has 1 fully saturated rings. The van der Waals surface area contributed by atoms with Gasteiger partial charge in [0.15, 0.2) is 5.96 Å². The van der Waals surface area contributed by atoms with Gasteiger partial charge in [0.05, 0.1) is 5.56 Å². The van der Waals surface area contributed by atoms with Gasteiger partial charge in [-0.2, -0.15) is 13.2 Å². The van der Waals surface area contributed by atoms with Gasteiger partial charge in [-0.25, -0.2) is 4.39 Å². The molecular formula is C21H20F4N4O2. The molecule has 2 aromatic carbocycles. The van der Waals surface area contributed by atoms with Crippen LogP contribution in [0.4, 0.5) is 17.6 Å². The van der Waals surface area contributed by atoms with Crippen LogP contribution < -0.4 is 11.1 Å². The zero-order chi connectivity index (χ0) is 22.8. The summed E-state index contributed by atoms with van der Waals surface area (Å²) in [6.07, 6.45) is -4.09.